The fourth-order valence-electron chi connectivity index (χ4n) is 2.01. The molecule has 5 heteroatoms. The van der Waals surface area contributed by atoms with E-state index in [0.29, 0.717) is 5.88 Å². The first-order chi connectivity index (χ1) is 8.33. The summed E-state index contributed by atoms with van der Waals surface area (Å²) in [6, 6.07) is 1.92. The van der Waals surface area contributed by atoms with Crippen molar-refractivity contribution in [3.63, 3.8) is 0 Å². The highest BCUT2D eigenvalue weighted by molar-refractivity contribution is 5.40. The van der Waals surface area contributed by atoms with E-state index >= 15 is 0 Å². The number of anilines is 1. The molecular weight excluding hydrogens is 216 g/mol. The molecule has 0 amide bonds. The van der Waals surface area contributed by atoms with Crippen molar-refractivity contribution in [3.8, 4) is 5.88 Å². The van der Waals surface area contributed by atoms with Crippen LogP contribution in [0.1, 0.15) is 20.3 Å². The van der Waals surface area contributed by atoms with Crippen LogP contribution in [-0.4, -0.2) is 42.3 Å². The summed E-state index contributed by atoms with van der Waals surface area (Å²) in [5, 5.41) is 3.27. The molecule has 2 heterocycles. The first kappa shape index (κ1) is 12.1. The van der Waals surface area contributed by atoms with E-state index in [1.165, 1.54) is 0 Å². The van der Waals surface area contributed by atoms with Gasteiger partial charge in [0.2, 0.25) is 5.88 Å². The summed E-state index contributed by atoms with van der Waals surface area (Å²) in [7, 11) is 0. The molecule has 0 aromatic carbocycles. The number of rotatable bonds is 5. The van der Waals surface area contributed by atoms with Crippen molar-refractivity contribution in [1.29, 1.82) is 0 Å². The molecule has 0 bridgehead atoms. The molecule has 1 unspecified atom stereocenters. The van der Waals surface area contributed by atoms with Gasteiger partial charge in [-0.05, 0) is 26.8 Å². The zero-order valence-electron chi connectivity index (χ0n) is 10.5. The maximum atomic E-state index is 5.81. The van der Waals surface area contributed by atoms with Gasteiger partial charge in [-0.25, -0.2) is 9.97 Å². The summed E-state index contributed by atoms with van der Waals surface area (Å²) >= 11 is 0. The third-order valence-corrected chi connectivity index (χ3v) is 3.02. The van der Waals surface area contributed by atoms with Gasteiger partial charge >= 0.3 is 0 Å². The predicted octanol–water partition coefficient (Wildman–Crippen LogP) is 1.06. The fraction of sp³-hybridized carbons (Fsp3) is 0.667. The first-order valence-corrected chi connectivity index (χ1v) is 6.27. The number of hydrogen-bond donors (Lipinski definition) is 1. The van der Waals surface area contributed by atoms with Gasteiger partial charge in [-0.2, -0.15) is 0 Å². The Morgan fingerprint density at radius 2 is 2.24 bits per heavy atom. The summed E-state index contributed by atoms with van der Waals surface area (Å²) in [6.07, 6.45) is 2.87. The second-order valence-electron chi connectivity index (χ2n) is 4.12. The van der Waals surface area contributed by atoms with Crippen molar-refractivity contribution in [2.24, 2.45) is 0 Å². The zero-order chi connectivity index (χ0) is 12.1. The minimum Gasteiger partial charge on any atom is -0.473 e. The quantitative estimate of drug-likeness (QED) is 0.828. The number of aromatic nitrogens is 2. The van der Waals surface area contributed by atoms with Gasteiger partial charge in [-0.3, -0.25) is 0 Å². The SMILES string of the molecule is CCN(CC)c1cc(OC2CCNC2)ncn1. The Labute approximate surface area is 102 Å². The van der Waals surface area contributed by atoms with E-state index < -0.39 is 0 Å². The summed E-state index contributed by atoms with van der Waals surface area (Å²) in [5.41, 5.74) is 0. The van der Waals surface area contributed by atoms with Crippen molar-refractivity contribution in [1.82, 2.24) is 15.3 Å². The Balaban J connectivity index is 2.04. The van der Waals surface area contributed by atoms with Crippen molar-refractivity contribution in [2.75, 3.05) is 31.1 Å². The summed E-state index contributed by atoms with van der Waals surface area (Å²) in [5.74, 6) is 1.61. The normalized spacial score (nSPS) is 19.3. The van der Waals surface area contributed by atoms with Gasteiger partial charge in [0.05, 0.1) is 0 Å². The highest BCUT2D eigenvalue weighted by Crippen LogP contribution is 2.17. The molecule has 1 aromatic heterocycles. The third kappa shape index (κ3) is 3.06. The van der Waals surface area contributed by atoms with Crippen LogP contribution in [0.5, 0.6) is 5.88 Å². The Hall–Kier alpha value is -1.36. The molecule has 0 aliphatic carbocycles. The number of ether oxygens (including phenoxy) is 1. The number of hydrogen-bond acceptors (Lipinski definition) is 5. The molecule has 1 saturated heterocycles. The van der Waals surface area contributed by atoms with Gasteiger partial charge < -0.3 is 15.0 Å². The Bertz CT molecular complexity index is 348. The number of nitrogens with zero attached hydrogens (tertiary/aromatic N) is 3. The van der Waals surface area contributed by atoms with Gasteiger partial charge in [0.1, 0.15) is 18.2 Å². The molecule has 94 valence electrons. The maximum Gasteiger partial charge on any atom is 0.218 e. The van der Waals surface area contributed by atoms with E-state index in [2.05, 4.69) is 34.0 Å². The Morgan fingerprint density at radius 3 is 2.88 bits per heavy atom. The molecule has 2 rings (SSSR count). The van der Waals surface area contributed by atoms with Crippen LogP contribution in [0.25, 0.3) is 0 Å². The lowest BCUT2D eigenvalue weighted by atomic mass is 10.3. The lowest BCUT2D eigenvalue weighted by Crippen LogP contribution is -2.24. The average molecular weight is 236 g/mol. The molecule has 0 saturated carbocycles. The monoisotopic (exact) mass is 236 g/mol. The van der Waals surface area contributed by atoms with Crippen molar-refractivity contribution in [2.45, 2.75) is 26.4 Å². The smallest absolute Gasteiger partial charge is 0.218 e. The molecule has 17 heavy (non-hydrogen) atoms. The Morgan fingerprint density at radius 1 is 1.41 bits per heavy atom. The standard InChI is InChI=1S/C12H20N4O/c1-3-16(4-2)11-7-12(15-9-14-11)17-10-5-6-13-8-10/h7,9-10,13H,3-6,8H2,1-2H3. The van der Waals surface area contributed by atoms with Crippen molar-refractivity contribution >= 4 is 5.82 Å². The second-order valence-corrected chi connectivity index (χ2v) is 4.12. The van der Waals surface area contributed by atoms with E-state index in [9.17, 15) is 0 Å². The first-order valence-electron chi connectivity index (χ1n) is 6.27. The van der Waals surface area contributed by atoms with Crippen LogP contribution >= 0.6 is 0 Å². The van der Waals surface area contributed by atoms with E-state index in [1.807, 2.05) is 6.07 Å². The van der Waals surface area contributed by atoms with Crippen LogP contribution < -0.4 is 15.0 Å². The van der Waals surface area contributed by atoms with Gasteiger partial charge in [0.25, 0.3) is 0 Å². The van der Waals surface area contributed by atoms with E-state index in [0.717, 1.165) is 38.4 Å². The molecule has 1 atom stereocenters. The predicted molar refractivity (Wildman–Crippen MR) is 67.5 cm³/mol. The molecule has 1 aliphatic heterocycles. The number of nitrogens with one attached hydrogen (secondary N) is 1. The van der Waals surface area contributed by atoms with Gasteiger partial charge in [0.15, 0.2) is 0 Å². The van der Waals surface area contributed by atoms with Gasteiger partial charge in [-0.1, -0.05) is 0 Å². The highest BCUT2D eigenvalue weighted by Gasteiger charge is 2.17. The van der Waals surface area contributed by atoms with Crippen molar-refractivity contribution in [3.05, 3.63) is 12.4 Å². The molecule has 5 nitrogen and oxygen atoms in total. The van der Waals surface area contributed by atoms with Crippen molar-refractivity contribution < 1.29 is 4.74 Å². The second kappa shape index (κ2) is 5.82. The summed E-state index contributed by atoms with van der Waals surface area (Å²) in [6.45, 7) is 8.05. The third-order valence-electron chi connectivity index (χ3n) is 3.02. The van der Waals surface area contributed by atoms with Crippen LogP contribution in [0.4, 0.5) is 5.82 Å². The lowest BCUT2D eigenvalue weighted by Gasteiger charge is -2.20. The molecule has 1 fully saturated rings. The van der Waals surface area contributed by atoms with Crippen LogP contribution in [0.3, 0.4) is 0 Å². The highest BCUT2D eigenvalue weighted by atomic mass is 16.5. The molecule has 1 N–H and O–H groups in total. The van der Waals surface area contributed by atoms with Gasteiger partial charge in [0, 0.05) is 25.7 Å². The van der Waals surface area contributed by atoms with E-state index in [-0.39, 0.29) is 6.10 Å². The summed E-state index contributed by atoms with van der Waals surface area (Å²) in [4.78, 5) is 10.6. The maximum absolute atomic E-state index is 5.81. The summed E-state index contributed by atoms with van der Waals surface area (Å²) < 4.78 is 5.81. The molecule has 1 aliphatic rings. The topological polar surface area (TPSA) is 50.3 Å². The van der Waals surface area contributed by atoms with Crippen LogP contribution in [0, 0.1) is 0 Å². The molecular formula is C12H20N4O. The van der Waals surface area contributed by atoms with Crippen LogP contribution in [0.15, 0.2) is 12.4 Å². The molecule has 0 radical (unpaired) electrons. The average Bonchev–Trinajstić information content (AvgIpc) is 2.84. The fourth-order valence-corrected chi connectivity index (χ4v) is 2.01. The molecule has 0 spiro atoms. The van der Waals surface area contributed by atoms with Crippen LogP contribution in [0.2, 0.25) is 0 Å². The zero-order valence-corrected chi connectivity index (χ0v) is 10.5. The Kier molecular flexibility index (Phi) is 4.14. The largest absolute Gasteiger partial charge is 0.473 e. The minimum atomic E-state index is 0.245. The minimum absolute atomic E-state index is 0.245. The molecule has 1 aromatic rings. The van der Waals surface area contributed by atoms with E-state index in [4.69, 9.17) is 4.74 Å². The van der Waals surface area contributed by atoms with Gasteiger partial charge in [-0.15, -0.1) is 0 Å². The van der Waals surface area contributed by atoms with Crippen LogP contribution in [-0.2, 0) is 0 Å². The van der Waals surface area contributed by atoms with E-state index in [1.54, 1.807) is 6.33 Å². The lowest BCUT2D eigenvalue weighted by molar-refractivity contribution is 0.213.